The fourth-order valence-electron chi connectivity index (χ4n) is 2.86. The molecule has 5 nitrogen and oxygen atoms in total. The van der Waals surface area contributed by atoms with Crippen molar-refractivity contribution >= 4 is 5.96 Å². The first-order valence-corrected chi connectivity index (χ1v) is 10.0. The van der Waals surface area contributed by atoms with Gasteiger partial charge in [0.25, 0.3) is 0 Å². The Morgan fingerprint density at radius 1 is 1.15 bits per heavy atom. The smallest absolute Gasteiger partial charge is 0.191 e. The molecule has 0 aliphatic rings. The third kappa shape index (κ3) is 8.68. The lowest BCUT2D eigenvalue weighted by molar-refractivity contribution is 0.187. The van der Waals surface area contributed by atoms with Crippen LogP contribution in [0.2, 0.25) is 0 Å². The van der Waals surface area contributed by atoms with Crippen LogP contribution in [0.5, 0.6) is 0 Å². The molecule has 0 saturated heterocycles. The first-order valence-electron chi connectivity index (χ1n) is 10.0. The van der Waals surface area contributed by atoms with Crippen molar-refractivity contribution in [1.29, 1.82) is 0 Å². The predicted molar refractivity (Wildman–Crippen MR) is 112 cm³/mol. The van der Waals surface area contributed by atoms with Gasteiger partial charge in [0.15, 0.2) is 5.96 Å². The Morgan fingerprint density at radius 2 is 1.81 bits per heavy atom. The van der Waals surface area contributed by atoms with Crippen LogP contribution >= 0.6 is 0 Å². The van der Waals surface area contributed by atoms with E-state index in [9.17, 15) is 5.11 Å². The van der Waals surface area contributed by atoms with Crippen molar-refractivity contribution in [2.75, 3.05) is 32.7 Å². The normalized spacial score (nSPS) is 14.3. The van der Waals surface area contributed by atoms with E-state index in [0.29, 0.717) is 12.6 Å². The van der Waals surface area contributed by atoms with Gasteiger partial charge in [-0.2, -0.15) is 0 Å². The molecule has 0 bridgehead atoms. The maximum Gasteiger partial charge on any atom is 0.191 e. The minimum absolute atomic E-state index is 0.347. The number of aliphatic imine (C=N–C) groups is 1. The molecular weight excluding hydrogens is 324 g/mol. The molecule has 2 atom stereocenters. The van der Waals surface area contributed by atoms with Gasteiger partial charge in [0, 0.05) is 12.6 Å². The molecule has 0 heterocycles. The Balaban J connectivity index is 2.50. The fraction of sp³-hybridized carbons (Fsp3) is 0.667. The van der Waals surface area contributed by atoms with Gasteiger partial charge < -0.3 is 20.6 Å². The summed E-state index contributed by atoms with van der Waals surface area (Å²) >= 11 is 0. The van der Waals surface area contributed by atoms with E-state index >= 15 is 0 Å². The molecule has 0 aliphatic carbocycles. The van der Waals surface area contributed by atoms with Gasteiger partial charge in [-0.1, -0.05) is 43.7 Å². The Bertz CT molecular complexity index is 511. The standard InChI is InChI=1S/C21H38N4O/c1-6-22-21(24-18(5)10-9-15-25(7-2)8-3)23-16-20(26)19-13-11-17(4)12-14-19/h11-14,18,20,26H,6-10,15-16H2,1-5H3,(H2,22,23,24). The maximum atomic E-state index is 10.4. The van der Waals surface area contributed by atoms with Crippen LogP contribution in [0.3, 0.4) is 0 Å². The zero-order valence-electron chi connectivity index (χ0n) is 17.3. The van der Waals surface area contributed by atoms with E-state index in [2.05, 4.69) is 48.2 Å². The number of nitrogens with one attached hydrogen (secondary N) is 2. The van der Waals surface area contributed by atoms with Gasteiger partial charge in [-0.25, -0.2) is 0 Å². The summed E-state index contributed by atoms with van der Waals surface area (Å²) in [6.07, 6.45) is 1.69. The summed E-state index contributed by atoms with van der Waals surface area (Å²) in [6, 6.07) is 8.31. The molecule has 2 unspecified atom stereocenters. The summed E-state index contributed by atoms with van der Waals surface area (Å²) in [4.78, 5) is 7.01. The second kappa shape index (κ2) is 12.7. The third-order valence-electron chi connectivity index (χ3n) is 4.62. The lowest BCUT2D eigenvalue weighted by Crippen LogP contribution is -2.42. The molecule has 0 radical (unpaired) electrons. The maximum absolute atomic E-state index is 10.4. The van der Waals surface area contributed by atoms with Crippen molar-refractivity contribution in [1.82, 2.24) is 15.5 Å². The minimum atomic E-state index is -0.580. The lowest BCUT2D eigenvalue weighted by atomic mass is 10.1. The van der Waals surface area contributed by atoms with E-state index in [1.165, 1.54) is 12.0 Å². The number of benzene rings is 1. The van der Waals surface area contributed by atoms with Crippen molar-refractivity contribution in [3.05, 3.63) is 35.4 Å². The molecule has 0 spiro atoms. The monoisotopic (exact) mass is 362 g/mol. The van der Waals surface area contributed by atoms with Gasteiger partial charge >= 0.3 is 0 Å². The van der Waals surface area contributed by atoms with Crippen LogP contribution in [-0.2, 0) is 0 Å². The highest BCUT2D eigenvalue weighted by Crippen LogP contribution is 2.13. The molecule has 0 amide bonds. The number of hydrogen-bond acceptors (Lipinski definition) is 3. The zero-order valence-corrected chi connectivity index (χ0v) is 17.3. The van der Waals surface area contributed by atoms with Crippen molar-refractivity contribution in [3.8, 4) is 0 Å². The molecular formula is C21H38N4O. The number of nitrogens with zero attached hydrogens (tertiary/aromatic N) is 2. The molecule has 1 aromatic rings. The summed E-state index contributed by atoms with van der Waals surface area (Å²) in [5.41, 5.74) is 2.10. The molecule has 0 saturated carbocycles. The molecule has 0 aliphatic heterocycles. The average Bonchev–Trinajstić information content (AvgIpc) is 2.64. The molecule has 5 heteroatoms. The lowest BCUT2D eigenvalue weighted by Gasteiger charge is -2.21. The number of rotatable bonds is 11. The van der Waals surface area contributed by atoms with E-state index < -0.39 is 6.10 Å². The number of guanidine groups is 1. The molecule has 26 heavy (non-hydrogen) atoms. The highest BCUT2D eigenvalue weighted by molar-refractivity contribution is 5.80. The van der Waals surface area contributed by atoms with Crippen LogP contribution in [0.4, 0.5) is 0 Å². The quantitative estimate of drug-likeness (QED) is 0.418. The highest BCUT2D eigenvalue weighted by Gasteiger charge is 2.09. The van der Waals surface area contributed by atoms with Crippen molar-refractivity contribution < 1.29 is 5.11 Å². The van der Waals surface area contributed by atoms with Crippen LogP contribution in [0.15, 0.2) is 29.3 Å². The fourth-order valence-corrected chi connectivity index (χ4v) is 2.86. The SMILES string of the molecule is CCNC(=NCC(O)c1ccc(C)cc1)NC(C)CCCN(CC)CC. The third-order valence-corrected chi connectivity index (χ3v) is 4.62. The van der Waals surface area contributed by atoms with Crippen LogP contribution in [0.25, 0.3) is 0 Å². The molecule has 148 valence electrons. The summed E-state index contributed by atoms with van der Waals surface area (Å²) in [5.74, 6) is 0.772. The summed E-state index contributed by atoms with van der Waals surface area (Å²) < 4.78 is 0. The van der Waals surface area contributed by atoms with Crippen LogP contribution in [0, 0.1) is 6.92 Å². The van der Waals surface area contributed by atoms with E-state index in [4.69, 9.17) is 0 Å². The van der Waals surface area contributed by atoms with Crippen LogP contribution in [-0.4, -0.2) is 54.7 Å². The Kier molecular flexibility index (Phi) is 11.0. The van der Waals surface area contributed by atoms with Gasteiger partial charge in [-0.15, -0.1) is 0 Å². The van der Waals surface area contributed by atoms with Gasteiger partial charge in [0.05, 0.1) is 12.6 Å². The topological polar surface area (TPSA) is 59.9 Å². The van der Waals surface area contributed by atoms with Gasteiger partial charge in [-0.3, -0.25) is 4.99 Å². The van der Waals surface area contributed by atoms with Gasteiger partial charge in [0.1, 0.15) is 0 Å². The van der Waals surface area contributed by atoms with Crippen molar-refractivity contribution in [2.45, 2.75) is 59.6 Å². The molecule has 3 N–H and O–H groups in total. The number of hydrogen-bond donors (Lipinski definition) is 3. The second-order valence-corrected chi connectivity index (χ2v) is 6.86. The van der Waals surface area contributed by atoms with Gasteiger partial charge in [0.2, 0.25) is 0 Å². The van der Waals surface area contributed by atoms with Crippen LogP contribution < -0.4 is 10.6 Å². The van der Waals surface area contributed by atoms with Crippen molar-refractivity contribution in [2.24, 2.45) is 4.99 Å². The Morgan fingerprint density at radius 3 is 2.38 bits per heavy atom. The molecule has 1 aromatic carbocycles. The average molecular weight is 363 g/mol. The first kappa shape index (κ1) is 22.5. The number of aryl methyl sites for hydroxylation is 1. The largest absolute Gasteiger partial charge is 0.386 e. The van der Waals surface area contributed by atoms with Crippen LogP contribution in [0.1, 0.15) is 57.8 Å². The number of aliphatic hydroxyl groups excluding tert-OH is 1. The Labute approximate surface area is 159 Å². The zero-order chi connectivity index (χ0) is 19.4. The van der Waals surface area contributed by atoms with Gasteiger partial charge in [-0.05, 0) is 58.8 Å². The number of aliphatic hydroxyl groups is 1. The summed E-state index contributed by atoms with van der Waals surface area (Å²) in [7, 11) is 0. The van der Waals surface area contributed by atoms with E-state index in [1.54, 1.807) is 0 Å². The molecule has 1 rings (SSSR count). The van der Waals surface area contributed by atoms with E-state index in [0.717, 1.165) is 44.1 Å². The predicted octanol–water partition coefficient (Wildman–Crippen LogP) is 3.09. The Hall–Kier alpha value is -1.59. The van der Waals surface area contributed by atoms with E-state index in [-0.39, 0.29) is 0 Å². The van der Waals surface area contributed by atoms with E-state index in [1.807, 2.05) is 31.2 Å². The highest BCUT2D eigenvalue weighted by atomic mass is 16.3. The first-order chi connectivity index (χ1) is 12.5. The minimum Gasteiger partial charge on any atom is -0.386 e. The second-order valence-electron chi connectivity index (χ2n) is 6.86. The molecule has 0 aromatic heterocycles. The summed E-state index contributed by atoms with van der Waals surface area (Å²) in [5, 5.41) is 17.1. The summed E-state index contributed by atoms with van der Waals surface area (Å²) in [6.45, 7) is 15.2. The molecule has 0 fully saturated rings. The van der Waals surface area contributed by atoms with Crippen molar-refractivity contribution in [3.63, 3.8) is 0 Å².